The average Bonchev–Trinajstić information content (AvgIpc) is 2.98. The van der Waals surface area contributed by atoms with Crippen molar-refractivity contribution in [2.45, 2.75) is 32.6 Å². The van der Waals surface area contributed by atoms with Crippen LogP contribution in [0.15, 0.2) is 10.6 Å². The van der Waals surface area contributed by atoms with E-state index in [1.54, 1.807) is 11.0 Å². The van der Waals surface area contributed by atoms with E-state index in [0.717, 1.165) is 18.6 Å². The third-order valence-electron chi connectivity index (χ3n) is 2.78. The van der Waals surface area contributed by atoms with E-state index < -0.39 is 0 Å². The Bertz CT molecular complexity index is 351. The Morgan fingerprint density at radius 1 is 1.53 bits per heavy atom. The van der Waals surface area contributed by atoms with E-state index in [0.29, 0.717) is 24.7 Å². The van der Waals surface area contributed by atoms with Crippen molar-refractivity contribution in [3.05, 3.63) is 17.5 Å². The lowest BCUT2D eigenvalue weighted by atomic mass is 10.2. The Balaban J connectivity index is 2.10. The first-order chi connectivity index (χ1) is 7.26. The van der Waals surface area contributed by atoms with Crippen molar-refractivity contribution in [3.8, 4) is 0 Å². The Kier molecular flexibility index (Phi) is 2.75. The Morgan fingerprint density at radius 2 is 2.20 bits per heavy atom. The van der Waals surface area contributed by atoms with Crippen molar-refractivity contribution in [3.63, 3.8) is 0 Å². The molecule has 1 amide bonds. The maximum Gasteiger partial charge on any atom is 0.276 e. The third-order valence-corrected chi connectivity index (χ3v) is 2.78. The number of rotatable bonds is 4. The number of hydrogen-bond donors (Lipinski definition) is 0. The zero-order valence-electron chi connectivity index (χ0n) is 9.19. The molecule has 15 heavy (non-hydrogen) atoms. The van der Waals surface area contributed by atoms with Crippen molar-refractivity contribution in [2.24, 2.45) is 0 Å². The molecule has 4 nitrogen and oxygen atoms in total. The van der Waals surface area contributed by atoms with Crippen molar-refractivity contribution >= 4 is 5.91 Å². The van der Waals surface area contributed by atoms with Gasteiger partial charge >= 0.3 is 0 Å². The molecule has 0 saturated heterocycles. The van der Waals surface area contributed by atoms with Gasteiger partial charge in [-0.05, 0) is 26.7 Å². The molecule has 0 spiro atoms. The summed E-state index contributed by atoms with van der Waals surface area (Å²) in [6.45, 7) is 5.34. The van der Waals surface area contributed by atoms with Gasteiger partial charge in [0.15, 0.2) is 5.69 Å². The van der Waals surface area contributed by atoms with Crippen LogP contribution in [0.1, 0.15) is 48.9 Å². The number of amides is 1. The Labute approximate surface area is 89.2 Å². The van der Waals surface area contributed by atoms with Crippen LogP contribution in [0.5, 0.6) is 0 Å². The monoisotopic (exact) mass is 208 g/mol. The van der Waals surface area contributed by atoms with Crippen LogP contribution in [0.4, 0.5) is 0 Å². The summed E-state index contributed by atoms with van der Waals surface area (Å²) in [6, 6.07) is 1.79. The van der Waals surface area contributed by atoms with E-state index >= 15 is 0 Å². The van der Waals surface area contributed by atoms with Crippen LogP contribution >= 0.6 is 0 Å². The van der Waals surface area contributed by atoms with Gasteiger partial charge in [0.1, 0.15) is 5.76 Å². The number of nitrogens with zero attached hydrogens (tertiary/aromatic N) is 2. The molecular formula is C11H16N2O2. The van der Waals surface area contributed by atoms with E-state index in [-0.39, 0.29) is 5.91 Å². The molecule has 1 aromatic heterocycles. The first-order valence-corrected chi connectivity index (χ1v) is 5.52. The summed E-state index contributed by atoms with van der Waals surface area (Å²) in [7, 11) is 0. The van der Waals surface area contributed by atoms with Gasteiger partial charge in [-0.2, -0.15) is 0 Å². The molecule has 0 atom stereocenters. The number of hydrogen-bond acceptors (Lipinski definition) is 3. The molecule has 0 N–H and O–H groups in total. The van der Waals surface area contributed by atoms with E-state index in [2.05, 4.69) is 5.16 Å². The molecule has 0 aromatic carbocycles. The third kappa shape index (κ3) is 2.03. The van der Waals surface area contributed by atoms with Gasteiger partial charge in [0.2, 0.25) is 0 Å². The summed E-state index contributed by atoms with van der Waals surface area (Å²) in [5.74, 6) is 1.34. The molecule has 0 bridgehead atoms. The molecule has 0 radical (unpaired) electrons. The fraction of sp³-hybridized carbons (Fsp3) is 0.636. The van der Waals surface area contributed by atoms with Gasteiger partial charge < -0.3 is 9.42 Å². The molecule has 82 valence electrons. The minimum absolute atomic E-state index is 0.0318. The molecule has 1 aromatic rings. The molecule has 2 rings (SSSR count). The largest absolute Gasteiger partial charge is 0.360 e. The highest BCUT2D eigenvalue weighted by Crippen LogP contribution is 2.40. The first kappa shape index (κ1) is 10.2. The van der Waals surface area contributed by atoms with Crippen molar-refractivity contribution in [2.75, 3.05) is 13.1 Å². The zero-order chi connectivity index (χ0) is 10.8. The predicted octanol–water partition coefficient (Wildman–Crippen LogP) is 2.03. The van der Waals surface area contributed by atoms with Crippen LogP contribution < -0.4 is 0 Å². The first-order valence-electron chi connectivity index (χ1n) is 5.52. The molecule has 1 aliphatic carbocycles. The summed E-state index contributed by atoms with van der Waals surface area (Å²) in [5.41, 5.74) is 0.445. The van der Waals surface area contributed by atoms with Gasteiger partial charge in [-0.15, -0.1) is 0 Å². The van der Waals surface area contributed by atoms with E-state index in [1.165, 1.54) is 0 Å². The Hall–Kier alpha value is -1.32. The highest BCUT2D eigenvalue weighted by atomic mass is 16.5. The van der Waals surface area contributed by atoms with Crippen LogP contribution in [-0.2, 0) is 0 Å². The van der Waals surface area contributed by atoms with Crippen molar-refractivity contribution in [1.82, 2.24) is 10.1 Å². The normalized spacial score (nSPS) is 15.3. The van der Waals surface area contributed by atoms with Gasteiger partial charge in [-0.3, -0.25) is 4.79 Å². The molecule has 0 aliphatic heterocycles. The van der Waals surface area contributed by atoms with Gasteiger partial charge in [-0.25, -0.2) is 0 Å². The quantitative estimate of drug-likeness (QED) is 0.760. The lowest BCUT2D eigenvalue weighted by Crippen LogP contribution is -2.30. The van der Waals surface area contributed by atoms with Gasteiger partial charge in [-0.1, -0.05) is 5.16 Å². The summed E-state index contributed by atoms with van der Waals surface area (Å²) >= 11 is 0. The van der Waals surface area contributed by atoms with Crippen LogP contribution in [0.3, 0.4) is 0 Å². The lowest BCUT2D eigenvalue weighted by molar-refractivity contribution is 0.0762. The second-order valence-corrected chi connectivity index (χ2v) is 3.87. The number of aromatic nitrogens is 1. The van der Waals surface area contributed by atoms with Crippen LogP contribution in [0, 0.1) is 0 Å². The molecular weight excluding hydrogens is 192 g/mol. The smallest absolute Gasteiger partial charge is 0.276 e. The van der Waals surface area contributed by atoms with Gasteiger partial charge in [0.25, 0.3) is 5.91 Å². The number of carbonyl (C=O) groups is 1. The topological polar surface area (TPSA) is 46.3 Å². The summed E-state index contributed by atoms with van der Waals surface area (Å²) in [5, 5.41) is 3.83. The van der Waals surface area contributed by atoms with Crippen LogP contribution in [-0.4, -0.2) is 29.1 Å². The molecule has 1 fully saturated rings. The van der Waals surface area contributed by atoms with Crippen molar-refractivity contribution in [1.29, 1.82) is 0 Å². The average molecular weight is 208 g/mol. The predicted molar refractivity (Wildman–Crippen MR) is 55.7 cm³/mol. The van der Waals surface area contributed by atoms with Crippen LogP contribution in [0.25, 0.3) is 0 Å². The molecule has 0 unspecified atom stereocenters. The number of carbonyl (C=O) groups excluding carboxylic acids is 1. The lowest BCUT2D eigenvalue weighted by Gasteiger charge is -2.16. The summed E-state index contributed by atoms with van der Waals surface area (Å²) in [6.07, 6.45) is 2.32. The van der Waals surface area contributed by atoms with E-state index in [4.69, 9.17) is 4.52 Å². The summed E-state index contributed by atoms with van der Waals surface area (Å²) < 4.78 is 5.15. The van der Waals surface area contributed by atoms with E-state index in [9.17, 15) is 4.79 Å². The van der Waals surface area contributed by atoms with E-state index in [1.807, 2.05) is 13.8 Å². The highest BCUT2D eigenvalue weighted by molar-refractivity contribution is 5.92. The fourth-order valence-corrected chi connectivity index (χ4v) is 1.62. The maximum atomic E-state index is 11.9. The second kappa shape index (κ2) is 4.04. The maximum absolute atomic E-state index is 11.9. The standard InChI is InChI=1S/C11H16N2O2/c1-3-13(4-2)11(14)9-7-10(15-12-9)8-5-6-8/h7-8H,3-6H2,1-2H3. The Morgan fingerprint density at radius 3 is 2.73 bits per heavy atom. The van der Waals surface area contributed by atoms with Crippen LogP contribution in [0.2, 0.25) is 0 Å². The SMILES string of the molecule is CCN(CC)C(=O)c1cc(C2CC2)on1. The highest BCUT2D eigenvalue weighted by Gasteiger charge is 2.29. The van der Waals surface area contributed by atoms with Gasteiger partial charge in [0.05, 0.1) is 0 Å². The fourth-order valence-electron chi connectivity index (χ4n) is 1.62. The molecule has 1 aliphatic rings. The molecule has 1 heterocycles. The second-order valence-electron chi connectivity index (χ2n) is 3.87. The van der Waals surface area contributed by atoms with Crippen molar-refractivity contribution < 1.29 is 9.32 Å². The van der Waals surface area contributed by atoms with Gasteiger partial charge in [0, 0.05) is 25.1 Å². The molecule has 4 heteroatoms. The minimum atomic E-state index is -0.0318. The summed E-state index contributed by atoms with van der Waals surface area (Å²) in [4.78, 5) is 13.6. The molecule has 1 saturated carbocycles. The zero-order valence-corrected chi connectivity index (χ0v) is 9.19. The minimum Gasteiger partial charge on any atom is -0.360 e.